The summed E-state index contributed by atoms with van der Waals surface area (Å²) in [4.78, 5) is 13.5. The maximum absolute atomic E-state index is 11.4. The molecule has 0 saturated carbocycles. The normalized spacial score (nSPS) is 18.9. The first-order valence-corrected chi connectivity index (χ1v) is 6.47. The van der Waals surface area contributed by atoms with Crippen molar-refractivity contribution in [2.24, 2.45) is 4.99 Å². The molecule has 78 valence electrons. The van der Waals surface area contributed by atoms with E-state index in [1.807, 2.05) is 6.92 Å². The largest absolute Gasteiger partial charge is 0.477 e. The maximum Gasteiger partial charge on any atom is 0.349 e. The summed E-state index contributed by atoms with van der Waals surface area (Å²) in [5, 5.41) is 8.50. The molecule has 1 aliphatic heterocycles. The monoisotopic (exact) mass is 235 g/mol. The van der Waals surface area contributed by atoms with Crippen LogP contribution in [-0.2, 0) is 14.6 Å². The molecule has 0 aromatic heterocycles. The SMILES string of the molecule is CCSCC1=NC=C(C(=O)O)S1(=O)=O. The molecule has 0 amide bonds. The Balaban J connectivity index is 2.86. The van der Waals surface area contributed by atoms with Crippen LogP contribution in [0.5, 0.6) is 0 Å². The number of hydrogen-bond acceptors (Lipinski definition) is 5. The lowest BCUT2D eigenvalue weighted by molar-refractivity contribution is -0.131. The standard InChI is InChI=1S/C7H9NO4S2/c1-2-13-4-6-8-3-5(7(9)10)14(6,11)12/h3H,2,4H2,1H3,(H,9,10). The second-order valence-corrected chi connectivity index (χ2v) is 5.65. The number of carboxylic acid groups (broad SMARTS) is 1. The summed E-state index contributed by atoms with van der Waals surface area (Å²) in [6.45, 7) is 1.89. The molecular weight excluding hydrogens is 226 g/mol. The van der Waals surface area contributed by atoms with Gasteiger partial charge in [-0.25, -0.2) is 18.2 Å². The van der Waals surface area contributed by atoms with E-state index in [2.05, 4.69) is 4.99 Å². The van der Waals surface area contributed by atoms with Crippen LogP contribution in [0.4, 0.5) is 0 Å². The van der Waals surface area contributed by atoms with Crippen molar-refractivity contribution in [2.75, 3.05) is 11.5 Å². The summed E-state index contributed by atoms with van der Waals surface area (Å²) in [6.07, 6.45) is 0.892. The van der Waals surface area contributed by atoms with Crippen molar-refractivity contribution < 1.29 is 18.3 Å². The Kier molecular flexibility index (Phi) is 3.33. The molecule has 1 aliphatic rings. The molecule has 1 rings (SSSR count). The highest BCUT2D eigenvalue weighted by Crippen LogP contribution is 2.19. The predicted octanol–water partition coefficient (Wildman–Crippen LogP) is 0.492. The average Bonchev–Trinajstić information content (AvgIpc) is 2.37. The van der Waals surface area contributed by atoms with Gasteiger partial charge in [-0.3, -0.25) is 0 Å². The third-order valence-electron chi connectivity index (χ3n) is 1.57. The Bertz CT molecular complexity index is 407. The molecule has 5 nitrogen and oxygen atoms in total. The van der Waals surface area contributed by atoms with Crippen LogP contribution in [-0.4, -0.2) is 36.0 Å². The first-order chi connectivity index (χ1) is 6.50. The van der Waals surface area contributed by atoms with Gasteiger partial charge in [0.1, 0.15) is 5.04 Å². The summed E-state index contributed by atoms with van der Waals surface area (Å²) >= 11 is 1.39. The van der Waals surface area contributed by atoms with E-state index in [1.165, 1.54) is 11.8 Å². The fraction of sp³-hybridized carbons (Fsp3) is 0.429. The summed E-state index contributed by atoms with van der Waals surface area (Å²) < 4.78 is 22.9. The smallest absolute Gasteiger partial charge is 0.349 e. The number of sulfone groups is 1. The number of nitrogens with zero attached hydrogens (tertiary/aromatic N) is 1. The van der Waals surface area contributed by atoms with E-state index in [0.717, 1.165) is 12.0 Å². The van der Waals surface area contributed by atoms with Crippen LogP contribution in [0, 0.1) is 0 Å². The van der Waals surface area contributed by atoms with Gasteiger partial charge in [0.15, 0.2) is 4.91 Å². The minimum absolute atomic E-state index is 0.0678. The zero-order valence-corrected chi connectivity index (χ0v) is 9.06. The van der Waals surface area contributed by atoms with Gasteiger partial charge in [0.25, 0.3) is 0 Å². The molecule has 0 saturated heterocycles. The minimum atomic E-state index is -3.81. The first-order valence-electron chi connectivity index (χ1n) is 3.83. The van der Waals surface area contributed by atoms with Crippen molar-refractivity contribution in [1.82, 2.24) is 0 Å². The highest BCUT2D eigenvalue weighted by Gasteiger charge is 2.33. The number of carbonyl (C=O) groups is 1. The van der Waals surface area contributed by atoms with E-state index < -0.39 is 20.7 Å². The highest BCUT2D eigenvalue weighted by atomic mass is 32.2. The fourth-order valence-electron chi connectivity index (χ4n) is 0.871. The Hall–Kier alpha value is -0.820. The van der Waals surface area contributed by atoms with Crippen molar-refractivity contribution in [3.63, 3.8) is 0 Å². The Morgan fingerprint density at radius 3 is 2.71 bits per heavy atom. The predicted molar refractivity (Wildman–Crippen MR) is 55.1 cm³/mol. The second-order valence-electron chi connectivity index (χ2n) is 2.46. The third-order valence-corrected chi connectivity index (χ3v) is 4.36. The lowest BCUT2D eigenvalue weighted by atomic mass is 10.6. The van der Waals surface area contributed by atoms with E-state index in [9.17, 15) is 13.2 Å². The zero-order valence-electron chi connectivity index (χ0n) is 7.43. The molecule has 0 fully saturated rings. The van der Waals surface area contributed by atoms with Gasteiger partial charge in [0.05, 0.1) is 6.20 Å². The average molecular weight is 235 g/mol. The minimum Gasteiger partial charge on any atom is -0.477 e. The molecule has 0 atom stereocenters. The topological polar surface area (TPSA) is 83.8 Å². The van der Waals surface area contributed by atoms with E-state index in [1.54, 1.807) is 0 Å². The van der Waals surface area contributed by atoms with Crippen LogP contribution in [0.2, 0.25) is 0 Å². The van der Waals surface area contributed by atoms with Crippen molar-refractivity contribution in [3.05, 3.63) is 11.1 Å². The van der Waals surface area contributed by atoms with Crippen LogP contribution >= 0.6 is 11.8 Å². The molecule has 7 heteroatoms. The first kappa shape index (κ1) is 11.3. The van der Waals surface area contributed by atoms with Gasteiger partial charge in [-0.05, 0) is 5.75 Å². The van der Waals surface area contributed by atoms with Crippen LogP contribution in [0.25, 0.3) is 0 Å². The lowest BCUT2D eigenvalue weighted by Crippen LogP contribution is -2.19. The van der Waals surface area contributed by atoms with E-state index >= 15 is 0 Å². The van der Waals surface area contributed by atoms with Gasteiger partial charge >= 0.3 is 5.97 Å². The molecule has 0 unspecified atom stereocenters. The Morgan fingerprint density at radius 2 is 2.29 bits per heavy atom. The summed E-state index contributed by atoms with van der Waals surface area (Å²) in [5.74, 6) is -0.464. The molecule has 0 aromatic rings. The maximum atomic E-state index is 11.4. The molecule has 0 aromatic carbocycles. The molecule has 0 radical (unpaired) electrons. The number of aliphatic carboxylic acids is 1. The van der Waals surface area contributed by atoms with E-state index in [-0.39, 0.29) is 10.8 Å². The summed E-state index contributed by atoms with van der Waals surface area (Å²) in [6, 6.07) is 0. The van der Waals surface area contributed by atoms with Crippen LogP contribution in [0.1, 0.15) is 6.92 Å². The van der Waals surface area contributed by atoms with Crippen LogP contribution in [0.15, 0.2) is 16.1 Å². The number of carboxylic acids is 1. The zero-order chi connectivity index (χ0) is 10.8. The Morgan fingerprint density at radius 1 is 1.64 bits per heavy atom. The molecule has 0 bridgehead atoms. The molecule has 0 spiro atoms. The molecule has 1 heterocycles. The highest BCUT2D eigenvalue weighted by molar-refractivity contribution is 8.13. The van der Waals surface area contributed by atoms with Crippen molar-refractivity contribution in [3.8, 4) is 0 Å². The summed E-state index contributed by atoms with van der Waals surface area (Å²) in [5.41, 5.74) is 0. The van der Waals surface area contributed by atoms with Gasteiger partial charge in [-0.15, -0.1) is 0 Å². The van der Waals surface area contributed by atoms with Gasteiger partial charge in [0.2, 0.25) is 9.84 Å². The molecule has 14 heavy (non-hydrogen) atoms. The van der Waals surface area contributed by atoms with Gasteiger partial charge in [0, 0.05) is 5.75 Å². The van der Waals surface area contributed by atoms with E-state index in [4.69, 9.17) is 5.11 Å². The molecule has 0 aliphatic carbocycles. The van der Waals surface area contributed by atoms with Crippen LogP contribution < -0.4 is 0 Å². The van der Waals surface area contributed by atoms with Crippen molar-refractivity contribution >= 4 is 32.6 Å². The van der Waals surface area contributed by atoms with E-state index in [0.29, 0.717) is 0 Å². The third kappa shape index (κ3) is 1.98. The number of rotatable bonds is 4. The second kappa shape index (κ2) is 4.14. The van der Waals surface area contributed by atoms with Gasteiger partial charge in [-0.1, -0.05) is 6.92 Å². The molecule has 1 N–H and O–H groups in total. The van der Waals surface area contributed by atoms with Crippen molar-refractivity contribution in [2.45, 2.75) is 6.92 Å². The van der Waals surface area contributed by atoms with Crippen LogP contribution in [0.3, 0.4) is 0 Å². The number of aliphatic imine (C=N–C) groups is 1. The fourth-order valence-corrected chi connectivity index (χ4v) is 3.06. The Labute approximate surface area is 85.8 Å². The lowest BCUT2D eigenvalue weighted by Gasteiger charge is -2.00. The summed E-state index contributed by atoms with van der Waals surface area (Å²) in [7, 11) is -3.81. The molecular formula is C7H9NO4S2. The van der Waals surface area contributed by atoms with Gasteiger partial charge < -0.3 is 5.11 Å². The number of thioether (sulfide) groups is 1. The van der Waals surface area contributed by atoms with Crippen molar-refractivity contribution in [1.29, 1.82) is 0 Å². The van der Waals surface area contributed by atoms with Gasteiger partial charge in [-0.2, -0.15) is 11.8 Å². The quantitative estimate of drug-likeness (QED) is 0.766. The number of hydrogen-bond donors (Lipinski definition) is 1.